The lowest BCUT2D eigenvalue weighted by atomic mass is 10.1. The van der Waals surface area contributed by atoms with Crippen molar-refractivity contribution in [2.24, 2.45) is 0 Å². The number of benzene rings is 2. The zero-order valence-electron chi connectivity index (χ0n) is 17.2. The molecule has 3 rings (SSSR count). The molecule has 2 aromatic rings. The van der Waals surface area contributed by atoms with E-state index in [1.165, 1.54) is 36.4 Å². The third-order valence-corrected chi connectivity index (χ3v) is 4.16. The predicted octanol–water partition coefficient (Wildman–Crippen LogP) is 2.70. The van der Waals surface area contributed by atoms with Crippen molar-refractivity contribution >= 4 is 23.8 Å². The van der Waals surface area contributed by atoms with Crippen LogP contribution in [0.4, 0.5) is 0 Å². The molecule has 1 heterocycles. The minimum atomic E-state index is -1.43. The second-order valence-electron chi connectivity index (χ2n) is 7.72. The average molecular weight is 427 g/mol. The summed E-state index contributed by atoms with van der Waals surface area (Å²) in [6.45, 7) is 4.61. The molecule has 1 aliphatic rings. The molecule has 162 valence electrons. The van der Waals surface area contributed by atoms with Crippen LogP contribution in [0.3, 0.4) is 0 Å². The molecule has 9 heteroatoms. The summed E-state index contributed by atoms with van der Waals surface area (Å²) in [4.78, 5) is 54.2. The highest BCUT2D eigenvalue weighted by Gasteiger charge is 2.40. The normalized spacial score (nSPS) is 14.2. The van der Waals surface area contributed by atoms with Crippen molar-refractivity contribution in [3.05, 3.63) is 65.2 Å². The van der Waals surface area contributed by atoms with E-state index in [9.17, 15) is 19.2 Å². The Labute approximate surface area is 178 Å². The Kier molecular flexibility index (Phi) is 6.07. The number of aromatic carboxylic acids is 1. The van der Waals surface area contributed by atoms with Gasteiger partial charge in [0, 0.05) is 0 Å². The minimum absolute atomic E-state index is 0.0679. The van der Waals surface area contributed by atoms with E-state index < -0.39 is 35.5 Å². The largest absolute Gasteiger partial charge is 0.490 e. The number of carbonyl (C=O) groups excluding carboxylic acids is 3. The van der Waals surface area contributed by atoms with Gasteiger partial charge in [-0.3, -0.25) is 9.59 Å². The highest BCUT2D eigenvalue weighted by atomic mass is 16.7. The molecular weight excluding hydrogens is 406 g/mol. The first-order chi connectivity index (χ1) is 14.6. The molecule has 2 aromatic carbocycles. The molecule has 9 nitrogen and oxygen atoms in total. The predicted molar refractivity (Wildman–Crippen MR) is 107 cm³/mol. The summed E-state index contributed by atoms with van der Waals surface area (Å²) in [5.74, 6) is -3.04. The van der Waals surface area contributed by atoms with Gasteiger partial charge in [-0.15, -0.1) is 5.06 Å². The van der Waals surface area contributed by atoms with Gasteiger partial charge in [0.05, 0.1) is 16.7 Å². The fourth-order valence-corrected chi connectivity index (χ4v) is 2.76. The first kappa shape index (κ1) is 22.0. The van der Waals surface area contributed by atoms with Gasteiger partial charge in [0.25, 0.3) is 11.8 Å². The van der Waals surface area contributed by atoms with Crippen LogP contribution in [0, 0.1) is 0 Å². The molecule has 0 saturated heterocycles. The quantitative estimate of drug-likeness (QED) is 0.529. The van der Waals surface area contributed by atoms with Crippen LogP contribution in [0.5, 0.6) is 5.75 Å². The Bertz CT molecular complexity index is 988. The van der Waals surface area contributed by atoms with Crippen LogP contribution >= 0.6 is 0 Å². The Hall–Kier alpha value is -3.72. The number of hydroxylamine groups is 2. The number of nitrogens with zero attached hydrogens (tertiary/aromatic N) is 1. The lowest BCUT2D eigenvalue weighted by Gasteiger charge is -2.26. The standard InChI is InChI=1S/C22H21NO8/c1-22(2,3)30-21(28)17(12-29-14-10-8-13(9-11-14)20(26)27)31-23-18(24)15-6-4-5-7-16(15)19(23)25/h4-11,17H,12H2,1-3H3,(H,26,27). The molecule has 0 bridgehead atoms. The molecule has 0 aliphatic carbocycles. The van der Waals surface area contributed by atoms with Crippen LogP contribution in [0.2, 0.25) is 0 Å². The number of esters is 1. The topological polar surface area (TPSA) is 119 Å². The van der Waals surface area contributed by atoms with E-state index in [-0.39, 0.29) is 29.0 Å². The van der Waals surface area contributed by atoms with Gasteiger partial charge in [0.1, 0.15) is 18.0 Å². The van der Waals surface area contributed by atoms with Crippen molar-refractivity contribution in [3.63, 3.8) is 0 Å². The van der Waals surface area contributed by atoms with Crippen LogP contribution < -0.4 is 4.74 Å². The van der Waals surface area contributed by atoms with Crippen LogP contribution in [0.1, 0.15) is 51.8 Å². The van der Waals surface area contributed by atoms with Crippen LogP contribution in [0.15, 0.2) is 48.5 Å². The van der Waals surface area contributed by atoms with Gasteiger partial charge < -0.3 is 14.6 Å². The Morgan fingerprint density at radius 3 is 2.00 bits per heavy atom. The number of hydrogen-bond donors (Lipinski definition) is 1. The molecule has 1 unspecified atom stereocenters. The molecule has 0 saturated carbocycles. The highest BCUT2D eigenvalue weighted by Crippen LogP contribution is 2.24. The highest BCUT2D eigenvalue weighted by molar-refractivity contribution is 6.20. The molecule has 1 aliphatic heterocycles. The summed E-state index contributed by atoms with van der Waals surface area (Å²) in [5.41, 5.74) is -0.441. The summed E-state index contributed by atoms with van der Waals surface area (Å²) < 4.78 is 10.9. The van der Waals surface area contributed by atoms with Crippen LogP contribution in [-0.2, 0) is 14.4 Å². The maximum absolute atomic E-state index is 12.6. The van der Waals surface area contributed by atoms with Crippen molar-refractivity contribution in [3.8, 4) is 5.75 Å². The molecule has 0 spiro atoms. The molecule has 1 atom stereocenters. The van der Waals surface area contributed by atoms with Gasteiger partial charge in [-0.2, -0.15) is 0 Å². The molecular formula is C22H21NO8. The van der Waals surface area contributed by atoms with Gasteiger partial charge in [-0.25, -0.2) is 14.4 Å². The fraction of sp³-hybridized carbons (Fsp3) is 0.273. The smallest absolute Gasteiger partial charge is 0.342 e. The summed E-state index contributed by atoms with van der Waals surface area (Å²) in [5, 5.41) is 9.49. The van der Waals surface area contributed by atoms with Crippen molar-refractivity contribution in [1.29, 1.82) is 0 Å². The summed E-state index contributed by atoms with van der Waals surface area (Å²) in [7, 11) is 0. The zero-order valence-corrected chi connectivity index (χ0v) is 17.2. The van der Waals surface area contributed by atoms with E-state index in [0.29, 0.717) is 5.06 Å². The number of fused-ring (bicyclic) bond motifs is 1. The third kappa shape index (κ3) is 5.07. The maximum atomic E-state index is 12.6. The van der Waals surface area contributed by atoms with Gasteiger partial charge in [-0.05, 0) is 57.2 Å². The number of carbonyl (C=O) groups is 4. The third-order valence-electron chi connectivity index (χ3n) is 4.16. The average Bonchev–Trinajstić information content (AvgIpc) is 2.94. The SMILES string of the molecule is CC(C)(C)OC(=O)C(COc1ccc(C(=O)O)cc1)ON1C(=O)c2ccccc2C1=O. The zero-order chi connectivity index (χ0) is 22.8. The number of rotatable bonds is 7. The van der Waals surface area contributed by atoms with Crippen molar-refractivity contribution in [1.82, 2.24) is 5.06 Å². The number of amides is 2. The maximum Gasteiger partial charge on any atom is 0.342 e. The van der Waals surface area contributed by atoms with E-state index in [1.54, 1.807) is 32.9 Å². The van der Waals surface area contributed by atoms with E-state index in [0.717, 1.165) is 0 Å². The molecule has 0 fully saturated rings. The van der Waals surface area contributed by atoms with E-state index in [1.807, 2.05) is 0 Å². The lowest BCUT2D eigenvalue weighted by Crippen LogP contribution is -2.43. The van der Waals surface area contributed by atoms with Crippen molar-refractivity contribution in [2.75, 3.05) is 6.61 Å². The van der Waals surface area contributed by atoms with Gasteiger partial charge in [-0.1, -0.05) is 12.1 Å². The minimum Gasteiger partial charge on any atom is -0.490 e. The Morgan fingerprint density at radius 2 is 1.52 bits per heavy atom. The van der Waals surface area contributed by atoms with Gasteiger partial charge in [0.15, 0.2) is 0 Å². The number of imide groups is 1. The van der Waals surface area contributed by atoms with Crippen molar-refractivity contribution in [2.45, 2.75) is 32.5 Å². The summed E-state index contributed by atoms with van der Waals surface area (Å²) in [6.07, 6.45) is -1.43. The van der Waals surface area contributed by atoms with E-state index in [4.69, 9.17) is 19.4 Å². The Morgan fingerprint density at radius 1 is 0.968 bits per heavy atom. The molecule has 0 aromatic heterocycles. The fourth-order valence-electron chi connectivity index (χ4n) is 2.76. The number of carboxylic acids is 1. The number of carboxylic acid groups (broad SMARTS) is 1. The Balaban J connectivity index is 1.77. The summed E-state index contributed by atoms with van der Waals surface area (Å²) in [6, 6.07) is 11.7. The number of hydrogen-bond acceptors (Lipinski definition) is 7. The molecule has 2 amide bonds. The van der Waals surface area contributed by atoms with E-state index >= 15 is 0 Å². The van der Waals surface area contributed by atoms with E-state index in [2.05, 4.69) is 0 Å². The lowest BCUT2D eigenvalue weighted by molar-refractivity contribution is -0.193. The summed E-state index contributed by atoms with van der Waals surface area (Å²) >= 11 is 0. The first-order valence-electron chi connectivity index (χ1n) is 9.40. The van der Waals surface area contributed by atoms with Crippen LogP contribution in [0.25, 0.3) is 0 Å². The molecule has 0 radical (unpaired) electrons. The second kappa shape index (κ2) is 8.57. The van der Waals surface area contributed by atoms with Gasteiger partial charge in [0.2, 0.25) is 6.10 Å². The van der Waals surface area contributed by atoms with Crippen molar-refractivity contribution < 1.29 is 38.6 Å². The molecule has 1 N–H and O–H groups in total. The molecule has 31 heavy (non-hydrogen) atoms. The van der Waals surface area contributed by atoms with Crippen LogP contribution in [-0.4, -0.2) is 52.2 Å². The van der Waals surface area contributed by atoms with Gasteiger partial charge >= 0.3 is 11.9 Å². The monoisotopic (exact) mass is 427 g/mol. The number of ether oxygens (including phenoxy) is 2. The first-order valence-corrected chi connectivity index (χ1v) is 9.40. The second-order valence-corrected chi connectivity index (χ2v) is 7.72.